The van der Waals surface area contributed by atoms with Crippen molar-refractivity contribution in [2.24, 2.45) is 0 Å². The largest absolute Gasteiger partial charge is 0.466 e. The Kier molecular flexibility index (Phi) is 6.52. The van der Waals surface area contributed by atoms with Gasteiger partial charge in [-0.3, -0.25) is 4.79 Å². The fourth-order valence-corrected chi connectivity index (χ4v) is 2.38. The van der Waals surface area contributed by atoms with Gasteiger partial charge in [-0.2, -0.15) is 0 Å². The maximum atomic E-state index is 12.6. The minimum Gasteiger partial charge on any atom is -0.466 e. The van der Waals surface area contributed by atoms with E-state index in [-0.39, 0.29) is 5.91 Å². The number of rotatable bonds is 8. The first-order chi connectivity index (χ1) is 12.3. The Morgan fingerprint density at radius 1 is 1.31 bits per heavy atom. The molecule has 1 aromatic rings. The van der Waals surface area contributed by atoms with Gasteiger partial charge in [0.1, 0.15) is 11.6 Å². The molecule has 1 saturated heterocycles. The first-order valence-corrected chi connectivity index (χ1v) is 8.25. The summed E-state index contributed by atoms with van der Waals surface area (Å²) < 4.78 is 15.4. The predicted octanol–water partition coefficient (Wildman–Crippen LogP) is 1.16. The Bertz CT molecular complexity index is 681. The maximum absolute atomic E-state index is 12.6. The van der Waals surface area contributed by atoms with Crippen molar-refractivity contribution < 1.29 is 28.6 Å². The van der Waals surface area contributed by atoms with Crippen LogP contribution in [0, 0.1) is 0 Å². The Morgan fingerprint density at radius 3 is 2.50 bits per heavy atom. The molecule has 7 heteroatoms. The van der Waals surface area contributed by atoms with Crippen LogP contribution in [0.5, 0.6) is 0 Å². The first-order valence-electron chi connectivity index (χ1n) is 8.25. The molecule has 7 nitrogen and oxygen atoms in total. The number of epoxide rings is 1. The lowest BCUT2D eigenvalue weighted by atomic mass is 10.0. The van der Waals surface area contributed by atoms with E-state index in [4.69, 9.17) is 9.47 Å². The predicted molar refractivity (Wildman–Crippen MR) is 93.1 cm³/mol. The molecule has 0 saturated carbocycles. The van der Waals surface area contributed by atoms with E-state index in [9.17, 15) is 14.4 Å². The van der Waals surface area contributed by atoms with E-state index in [1.165, 1.54) is 26.2 Å². The summed E-state index contributed by atoms with van der Waals surface area (Å²) in [4.78, 5) is 35.4. The van der Waals surface area contributed by atoms with Crippen molar-refractivity contribution in [2.75, 3.05) is 13.7 Å². The third-order valence-electron chi connectivity index (χ3n) is 4.00. The summed E-state index contributed by atoms with van der Waals surface area (Å²) >= 11 is 0. The highest BCUT2D eigenvalue weighted by atomic mass is 16.6. The highest BCUT2D eigenvalue weighted by molar-refractivity contribution is 5.84. The van der Waals surface area contributed by atoms with Crippen LogP contribution in [0.25, 0.3) is 0 Å². The Balaban J connectivity index is 2.11. The zero-order chi connectivity index (χ0) is 19.2. The van der Waals surface area contributed by atoms with Crippen molar-refractivity contribution in [3.8, 4) is 0 Å². The monoisotopic (exact) mass is 361 g/mol. The van der Waals surface area contributed by atoms with E-state index in [1.807, 2.05) is 30.3 Å². The molecule has 1 aliphatic heterocycles. The van der Waals surface area contributed by atoms with E-state index >= 15 is 0 Å². The molecule has 26 heavy (non-hydrogen) atoms. The lowest BCUT2D eigenvalue weighted by Crippen LogP contribution is -2.45. The van der Waals surface area contributed by atoms with Crippen molar-refractivity contribution in [3.05, 3.63) is 48.0 Å². The normalized spacial score (nSPS) is 20.9. The van der Waals surface area contributed by atoms with Gasteiger partial charge in [0, 0.05) is 19.4 Å². The molecule has 0 unspecified atom stereocenters. The van der Waals surface area contributed by atoms with Gasteiger partial charge in [-0.1, -0.05) is 30.3 Å². The molecule has 1 aliphatic rings. The zero-order valence-corrected chi connectivity index (χ0v) is 15.1. The van der Waals surface area contributed by atoms with Crippen molar-refractivity contribution in [1.82, 2.24) is 5.32 Å². The molecule has 1 N–H and O–H groups in total. The van der Waals surface area contributed by atoms with Crippen LogP contribution in [0.15, 0.2) is 42.5 Å². The van der Waals surface area contributed by atoms with Crippen LogP contribution < -0.4 is 5.32 Å². The van der Waals surface area contributed by atoms with Gasteiger partial charge < -0.3 is 19.5 Å². The smallest absolute Gasteiger partial charge is 0.330 e. The van der Waals surface area contributed by atoms with E-state index in [0.717, 1.165) is 5.56 Å². The van der Waals surface area contributed by atoms with Gasteiger partial charge in [0.05, 0.1) is 13.7 Å². The SMILES string of the molecule is COC(=O)/C=C/[C@H](OC(=O)[C@H](Cc1ccccc1)NC(C)=O)[C@@]1(C)CO1. The second-order valence-corrected chi connectivity index (χ2v) is 6.28. The number of carbonyl (C=O) groups is 3. The van der Waals surface area contributed by atoms with Gasteiger partial charge in [0.15, 0.2) is 6.10 Å². The molecule has 0 radical (unpaired) electrons. The molecular weight excluding hydrogens is 338 g/mol. The van der Waals surface area contributed by atoms with Crippen LogP contribution in [-0.4, -0.2) is 49.3 Å². The molecule has 3 atom stereocenters. The van der Waals surface area contributed by atoms with Crippen LogP contribution in [0.2, 0.25) is 0 Å². The average molecular weight is 361 g/mol. The number of carbonyl (C=O) groups excluding carboxylic acids is 3. The highest BCUT2D eigenvalue weighted by Gasteiger charge is 2.49. The third-order valence-corrected chi connectivity index (χ3v) is 4.00. The molecule has 2 rings (SSSR count). The lowest BCUT2D eigenvalue weighted by molar-refractivity contribution is -0.153. The van der Waals surface area contributed by atoms with Crippen molar-refractivity contribution in [3.63, 3.8) is 0 Å². The van der Waals surface area contributed by atoms with Gasteiger partial charge in [0.2, 0.25) is 5.91 Å². The molecule has 140 valence electrons. The number of benzene rings is 1. The number of nitrogens with one attached hydrogen (secondary N) is 1. The minimum atomic E-state index is -0.841. The lowest BCUT2D eigenvalue weighted by Gasteiger charge is -2.22. The fourth-order valence-electron chi connectivity index (χ4n) is 2.38. The molecule has 0 aliphatic carbocycles. The summed E-state index contributed by atoms with van der Waals surface area (Å²) in [6.07, 6.45) is 2.16. The highest BCUT2D eigenvalue weighted by Crippen LogP contribution is 2.33. The number of methoxy groups -OCH3 is 1. The Morgan fingerprint density at radius 2 is 1.96 bits per heavy atom. The van der Waals surface area contributed by atoms with Crippen molar-refractivity contribution in [2.45, 2.75) is 38.0 Å². The van der Waals surface area contributed by atoms with E-state index in [0.29, 0.717) is 13.0 Å². The number of hydrogen-bond donors (Lipinski definition) is 1. The van der Waals surface area contributed by atoms with Crippen molar-refractivity contribution >= 4 is 17.8 Å². The zero-order valence-electron chi connectivity index (χ0n) is 15.1. The topological polar surface area (TPSA) is 94.2 Å². The van der Waals surface area contributed by atoms with Gasteiger partial charge >= 0.3 is 11.9 Å². The molecule has 0 bridgehead atoms. The Hall–Kier alpha value is -2.67. The van der Waals surface area contributed by atoms with Crippen molar-refractivity contribution in [1.29, 1.82) is 0 Å². The summed E-state index contributed by atoms with van der Waals surface area (Å²) in [5.41, 5.74) is 0.201. The third kappa shape index (κ3) is 5.70. The standard InChI is InChI=1S/C19H23NO6/c1-13(21)20-15(11-14-7-5-4-6-8-14)18(23)26-16(19(2)12-25-19)9-10-17(22)24-3/h4-10,15-16H,11-12H2,1-3H3,(H,20,21)/b10-9+/t15-,16-,19+/m0/s1. The average Bonchev–Trinajstić information content (AvgIpc) is 3.36. The van der Waals surface area contributed by atoms with Crippen LogP contribution in [0.4, 0.5) is 0 Å². The molecule has 0 spiro atoms. The van der Waals surface area contributed by atoms with Gasteiger partial charge in [-0.15, -0.1) is 0 Å². The van der Waals surface area contributed by atoms with Gasteiger partial charge in [-0.25, -0.2) is 9.59 Å². The maximum Gasteiger partial charge on any atom is 0.330 e. The number of esters is 2. The van der Waals surface area contributed by atoms with E-state index < -0.39 is 29.7 Å². The van der Waals surface area contributed by atoms with Crippen LogP contribution >= 0.6 is 0 Å². The number of hydrogen-bond acceptors (Lipinski definition) is 6. The van der Waals surface area contributed by atoms with Crippen LogP contribution in [0.1, 0.15) is 19.4 Å². The fraction of sp³-hybridized carbons (Fsp3) is 0.421. The minimum absolute atomic E-state index is 0.296. The molecular formula is C19H23NO6. The second-order valence-electron chi connectivity index (χ2n) is 6.28. The Labute approximate surface area is 152 Å². The summed E-state index contributed by atoms with van der Waals surface area (Å²) in [6, 6.07) is 8.46. The van der Waals surface area contributed by atoms with E-state index in [2.05, 4.69) is 10.1 Å². The molecule has 1 aromatic carbocycles. The second kappa shape index (κ2) is 8.62. The van der Waals surface area contributed by atoms with Crippen LogP contribution in [0.3, 0.4) is 0 Å². The summed E-state index contributed by atoms with van der Waals surface area (Å²) in [6.45, 7) is 3.52. The van der Waals surface area contributed by atoms with Gasteiger partial charge in [-0.05, 0) is 18.6 Å². The number of ether oxygens (including phenoxy) is 3. The molecule has 0 aromatic heterocycles. The summed E-state index contributed by atoms with van der Waals surface area (Å²) in [5, 5.41) is 2.61. The summed E-state index contributed by atoms with van der Waals surface area (Å²) in [5.74, 6) is -1.49. The first kappa shape index (κ1) is 19.7. The quantitative estimate of drug-likeness (QED) is 0.424. The van der Waals surface area contributed by atoms with E-state index in [1.54, 1.807) is 6.92 Å². The summed E-state index contributed by atoms with van der Waals surface area (Å²) in [7, 11) is 1.26. The molecule has 1 heterocycles. The van der Waals surface area contributed by atoms with Gasteiger partial charge in [0.25, 0.3) is 0 Å². The molecule has 1 amide bonds. The molecule has 1 fully saturated rings. The number of amides is 1. The van der Waals surface area contributed by atoms with Crippen LogP contribution in [-0.2, 0) is 35.0 Å².